The third kappa shape index (κ3) is 4.35. The van der Waals surface area contributed by atoms with Crippen molar-refractivity contribution >= 4 is 29.1 Å². The van der Waals surface area contributed by atoms with Crippen molar-refractivity contribution in [1.29, 1.82) is 0 Å². The number of hydrogen-bond donors (Lipinski definition) is 2. The van der Waals surface area contributed by atoms with E-state index < -0.39 is 6.04 Å². The molecule has 1 atom stereocenters. The second-order valence-corrected chi connectivity index (χ2v) is 5.81. The zero-order valence-electron chi connectivity index (χ0n) is 13.8. The summed E-state index contributed by atoms with van der Waals surface area (Å²) in [5.74, 6) is -0.457. The first-order chi connectivity index (χ1) is 11.6. The van der Waals surface area contributed by atoms with Crippen LogP contribution in [0.1, 0.15) is 43.1 Å². The van der Waals surface area contributed by atoms with Crippen LogP contribution in [-0.2, 0) is 4.79 Å². The largest absolute Gasteiger partial charge is 0.352 e. The summed E-state index contributed by atoms with van der Waals surface area (Å²) in [6.07, 6.45) is 6.39. The molecule has 0 saturated carbocycles. The molecule has 2 aromatic rings. The maximum absolute atomic E-state index is 12.6. The standard InChI is InChI=1S/C17H21ClN4O2/c1-3-7-20-16(23)13-6-5-12(18)10-14(13)21-17(24)15(4-2)22-9-8-19-11-22/h5-6,8-11,15H,3-4,7H2,1-2H3,(H,20,23)(H,21,24). The van der Waals surface area contributed by atoms with Crippen molar-refractivity contribution in [2.24, 2.45) is 0 Å². The second kappa shape index (κ2) is 8.49. The number of nitrogens with one attached hydrogen (secondary N) is 2. The van der Waals surface area contributed by atoms with Crippen molar-refractivity contribution in [3.63, 3.8) is 0 Å². The van der Waals surface area contributed by atoms with E-state index in [-0.39, 0.29) is 11.8 Å². The first-order valence-electron chi connectivity index (χ1n) is 7.92. The van der Waals surface area contributed by atoms with Crippen molar-refractivity contribution in [2.75, 3.05) is 11.9 Å². The van der Waals surface area contributed by atoms with E-state index in [1.807, 2.05) is 13.8 Å². The molecule has 1 heterocycles. The summed E-state index contributed by atoms with van der Waals surface area (Å²) in [5, 5.41) is 6.07. The minimum Gasteiger partial charge on any atom is -0.352 e. The van der Waals surface area contributed by atoms with Crippen molar-refractivity contribution in [1.82, 2.24) is 14.9 Å². The molecule has 0 radical (unpaired) electrons. The van der Waals surface area contributed by atoms with Crippen LogP contribution in [0.4, 0.5) is 5.69 Å². The molecule has 2 N–H and O–H groups in total. The van der Waals surface area contributed by atoms with Gasteiger partial charge in [0.25, 0.3) is 5.91 Å². The van der Waals surface area contributed by atoms with E-state index in [9.17, 15) is 9.59 Å². The van der Waals surface area contributed by atoms with Gasteiger partial charge >= 0.3 is 0 Å². The minimum absolute atomic E-state index is 0.220. The lowest BCUT2D eigenvalue weighted by atomic mass is 10.1. The lowest BCUT2D eigenvalue weighted by Crippen LogP contribution is -2.28. The minimum atomic E-state index is -0.405. The summed E-state index contributed by atoms with van der Waals surface area (Å²) in [4.78, 5) is 28.8. The van der Waals surface area contributed by atoms with Crippen molar-refractivity contribution in [2.45, 2.75) is 32.7 Å². The molecule has 0 fully saturated rings. The molecule has 2 rings (SSSR count). The van der Waals surface area contributed by atoms with E-state index in [0.717, 1.165) is 6.42 Å². The van der Waals surface area contributed by atoms with Crippen LogP contribution in [0.5, 0.6) is 0 Å². The van der Waals surface area contributed by atoms with E-state index in [4.69, 9.17) is 11.6 Å². The Balaban J connectivity index is 2.23. The number of aromatic nitrogens is 2. The number of carbonyl (C=O) groups is 2. The first-order valence-corrected chi connectivity index (χ1v) is 8.30. The number of hydrogen-bond acceptors (Lipinski definition) is 3. The average molecular weight is 349 g/mol. The number of anilines is 1. The third-order valence-electron chi connectivity index (χ3n) is 3.59. The van der Waals surface area contributed by atoms with Gasteiger partial charge in [-0.25, -0.2) is 4.98 Å². The van der Waals surface area contributed by atoms with Crippen LogP contribution >= 0.6 is 11.6 Å². The van der Waals surface area contributed by atoms with Crippen molar-refractivity contribution < 1.29 is 9.59 Å². The van der Waals surface area contributed by atoms with Gasteiger partial charge in [0.15, 0.2) is 0 Å². The molecule has 0 aliphatic carbocycles. The Morgan fingerprint density at radius 3 is 2.75 bits per heavy atom. The number of halogens is 1. The Kier molecular flexibility index (Phi) is 6.37. The summed E-state index contributed by atoms with van der Waals surface area (Å²) < 4.78 is 1.73. The van der Waals surface area contributed by atoms with Gasteiger partial charge in [0.1, 0.15) is 6.04 Å². The lowest BCUT2D eigenvalue weighted by Gasteiger charge is -2.18. The van der Waals surface area contributed by atoms with Gasteiger partial charge in [-0.2, -0.15) is 0 Å². The van der Waals surface area contributed by atoms with Crippen molar-refractivity contribution in [3.05, 3.63) is 47.5 Å². The summed E-state index contributed by atoms with van der Waals surface area (Å²) in [6, 6.07) is 4.42. The van der Waals surface area contributed by atoms with Crippen LogP contribution in [0.2, 0.25) is 5.02 Å². The first kappa shape index (κ1) is 18.0. The molecule has 0 aliphatic rings. The summed E-state index contributed by atoms with van der Waals surface area (Å²) in [5.41, 5.74) is 0.793. The van der Waals surface area contributed by atoms with Gasteiger partial charge in [0.05, 0.1) is 17.6 Å². The zero-order valence-corrected chi connectivity index (χ0v) is 14.5. The highest BCUT2D eigenvalue weighted by molar-refractivity contribution is 6.31. The van der Waals surface area contributed by atoms with E-state index in [1.54, 1.807) is 41.5 Å². The number of carbonyl (C=O) groups excluding carboxylic acids is 2. The van der Waals surface area contributed by atoms with Gasteiger partial charge in [0.2, 0.25) is 5.91 Å². The molecule has 1 aromatic carbocycles. The maximum Gasteiger partial charge on any atom is 0.253 e. The lowest BCUT2D eigenvalue weighted by molar-refractivity contribution is -0.119. The molecule has 1 unspecified atom stereocenters. The van der Waals surface area contributed by atoms with E-state index in [1.165, 1.54) is 0 Å². The second-order valence-electron chi connectivity index (χ2n) is 5.37. The predicted octanol–water partition coefficient (Wildman–Crippen LogP) is 3.27. The van der Waals surface area contributed by atoms with E-state index in [2.05, 4.69) is 15.6 Å². The molecule has 0 bridgehead atoms. The predicted molar refractivity (Wildman–Crippen MR) is 94.3 cm³/mol. The highest BCUT2D eigenvalue weighted by Crippen LogP contribution is 2.23. The van der Waals surface area contributed by atoms with E-state index >= 15 is 0 Å². The number of nitrogens with zero attached hydrogens (tertiary/aromatic N) is 2. The molecule has 0 spiro atoms. The Bertz CT molecular complexity index is 701. The molecule has 1 aromatic heterocycles. The normalized spacial score (nSPS) is 11.8. The Morgan fingerprint density at radius 2 is 2.12 bits per heavy atom. The Morgan fingerprint density at radius 1 is 1.33 bits per heavy atom. The van der Waals surface area contributed by atoms with Gasteiger partial charge in [-0.15, -0.1) is 0 Å². The van der Waals surface area contributed by atoms with Crippen LogP contribution in [0.25, 0.3) is 0 Å². The molecule has 128 valence electrons. The summed E-state index contributed by atoms with van der Waals surface area (Å²) in [7, 11) is 0. The fourth-order valence-corrected chi connectivity index (χ4v) is 2.53. The SMILES string of the molecule is CCCNC(=O)c1ccc(Cl)cc1NC(=O)C(CC)n1ccnc1. The number of rotatable bonds is 7. The average Bonchev–Trinajstić information content (AvgIpc) is 3.07. The molecular formula is C17H21ClN4O2. The molecule has 7 heteroatoms. The van der Waals surface area contributed by atoms with Gasteiger partial charge in [-0.1, -0.05) is 25.4 Å². The van der Waals surface area contributed by atoms with Gasteiger partial charge < -0.3 is 15.2 Å². The maximum atomic E-state index is 12.6. The number of benzene rings is 1. The van der Waals surface area contributed by atoms with Crippen LogP contribution in [0, 0.1) is 0 Å². The third-order valence-corrected chi connectivity index (χ3v) is 3.83. The highest BCUT2D eigenvalue weighted by atomic mass is 35.5. The van der Waals surface area contributed by atoms with Gasteiger partial charge in [0, 0.05) is 24.0 Å². The van der Waals surface area contributed by atoms with Crippen LogP contribution in [0.15, 0.2) is 36.9 Å². The zero-order chi connectivity index (χ0) is 17.5. The highest BCUT2D eigenvalue weighted by Gasteiger charge is 2.20. The fraction of sp³-hybridized carbons (Fsp3) is 0.353. The molecule has 0 saturated heterocycles. The van der Waals surface area contributed by atoms with E-state index in [0.29, 0.717) is 29.2 Å². The summed E-state index contributed by atoms with van der Waals surface area (Å²) in [6.45, 7) is 4.46. The molecular weight excluding hydrogens is 328 g/mol. The molecule has 24 heavy (non-hydrogen) atoms. The van der Waals surface area contributed by atoms with Crippen LogP contribution in [0.3, 0.4) is 0 Å². The molecule has 2 amide bonds. The summed E-state index contributed by atoms with van der Waals surface area (Å²) >= 11 is 6.02. The number of amides is 2. The smallest absolute Gasteiger partial charge is 0.253 e. The quantitative estimate of drug-likeness (QED) is 0.806. The molecule has 0 aliphatic heterocycles. The Hall–Kier alpha value is -2.34. The van der Waals surface area contributed by atoms with Gasteiger partial charge in [-0.3, -0.25) is 9.59 Å². The van der Waals surface area contributed by atoms with Crippen LogP contribution < -0.4 is 10.6 Å². The number of imidazole rings is 1. The topological polar surface area (TPSA) is 76.0 Å². The van der Waals surface area contributed by atoms with Crippen LogP contribution in [-0.4, -0.2) is 27.9 Å². The Labute approximate surface area is 146 Å². The van der Waals surface area contributed by atoms with Gasteiger partial charge in [-0.05, 0) is 31.0 Å². The molecule has 6 nitrogen and oxygen atoms in total. The fourth-order valence-electron chi connectivity index (χ4n) is 2.35. The van der Waals surface area contributed by atoms with Crippen molar-refractivity contribution in [3.8, 4) is 0 Å². The monoisotopic (exact) mass is 348 g/mol.